The van der Waals surface area contributed by atoms with Gasteiger partial charge >= 0.3 is 5.97 Å². The Kier molecular flexibility index (Phi) is 6.70. The standard InChI is InChI=1S/C19H24N2O3S/c1-5-24-16(22)11-15(14-9-7-6-8-10-14)21-18(23)17-13(4)20-19(25-17)12(2)3/h6-10,12,15H,5,11H2,1-4H3,(H,21,23). The first-order chi connectivity index (χ1) is 11.9. The number of nitrogens with zero attached hydrogens (tertiary/aromatic N) is 1. The second kappa shape index (κ2) is 8.76. The largest absolute Gasteiger partial charge is 0.466 e. The molecule has 1 heterocycles. The molecular weight excluding hydrogens is 336 g/mol. The number of carbonyl (C=O) groups is 2. The summed E-state index contributed by atoms with van der Waals surface area (Å²) in [6.07, 6.45) is 0.0957. The van der Waals surface area contributed by atoms with E-state index in [1.54, 1.807) is 6.92 Å². The summed E-state index contributed by atoms with van der Waals surface area (Å²) in [6, 6.07) is 9.02. The third-order valence-electron chi connectivity index (χ3n) is 3.70. The molecule has 5 nitrogen and oxygen atoms in total. The number of hydrogen-bond donors (Lipinski definition) is 1. The van der Waals surface area contributed by atoms with Crippen LogP contribution in [0.4, 0.5) is 0 Å². The van der Waals surface area contributed by atoms with Crippen LogP contribution < -0.4 is 5.32 Å². The van der Waals surface area contributed by atoms with Gasteiger partial charge in [0.05, 0.1) is 29.8 Å². The van der Waals surface area contributed by atoms with Gasteiger partial charge in [0.2, 0.25) is 0 Å². The van der Waals surface area contributed by atoms with Gasteiger partial charge in [0, 0.05) is 5.92 Å². The molecule has 134 valence electrons. The summed E-state index contributed by atoms with van der Waals surface area (Å²) in [5, 5.41) is 3.90. The van der Waals surface area contributed by atoms with Crippen LogP contribution >= 0.6 is 11.3 Å². The smallest absolute Gasteiger partial charge is 0.308 e. The van der Waals surface area contributed by atoms with Crippen molar-refractivity contribution >= 4 is 23.2 Å². The zero-order valence-corrected chi connectivity index (χ0v) is 15.9. The highest BCUT2D eigenvalue weighted by Gasteiger charge is 2.23. The zero-order chi connectivity index (χ0) is 18.4. The number of esters is 1. The molecule has 1 atom stereocenters. The van der Waals surface area contributed by atoms with Crippen LogP contribution in [0.5, 0.6) is 0 Å². The van der Waals surface area contributed by atoms with Crippen LogP contribution in [0.15, 0.2) is 30.3 Å². The van der Waals surface area contributed by atoms with E-state index < -0.39 is 6.04 Å². The van der Waals surface area contributed by atoms with Crippen LogP contribution in [0, 0.1) is 6.92 Å². The van der Waals surface area contributed by atoms with Crippen molar-refractivity contribution in [1.82, 2.24) is 10.3 Å². The molecule has 0 radical (unpaired) electrons. The summed E-state index contributed by atoms with van der Waals surface area (Å²) in [5.74, 6) is -0.268. The van der Waals surface area contributed by atoms with E-state index in [1.807, 2.05) is 51.1 Å². The van der Waals surface area contributed by atoms with E-state index in [9.17, 15) is 9.59 Å². The van der Waals surface area contributed by atoms with Gasteiger partial charge in [-0.15, -0.1) is 11.3 Å². The second-order valence-electron chi connectivity index (χ2n) is 6.07. The van der Waals surface area contributed by atoms with E-state index in [2.05, 4.69) is 10.3 Å². The van der Waals surface area contributed by atoms with Crippen molar-refractivity contribution in [2.45, 2.75) is 46.1 Å². The molecule has 0 aliphatic heterocycles. The Hall–Kier alpha value is -2.21. The fourth-order valence-corrected chi connectivity index (χ4v) is 3.40. The third kappa shape index (κ3) is 5.13. The minimum atomic E-state index is -0.434. The molecule has 25 heavy (non-hydrogen) atoms. The molecule has 6 heteroatoms. The molecule has 0 fully saturated rings. The highest BCUT2D eigenvalue weighted by atomic mass is 32.1. The van der Waals surface area contributed by atoms with Crippen molar-refractivity contribution < 1.29 is 14.3 Å². The molecular formula is C19H24N2O3S. The van der Waals surface area contributed by atoms with Gasteiger partial charge in [0.15, 0.2) is 0 Å². The van der Waals surface area contributed by atoms with E-state index in [1.165, 1.54) is 11.3 Å². The monoisotopic (exact) mass is 360 g/mol. The maximum Gasteiger partial charge on any atom is 0.308 e. The van der Waals surface area contributed by atoms with Gasteiger partial charge in [-0.1, -0.05) is 44.2 Å². The Morgan fingerprint density at radius 1 is 1.24 bits per heavy atom. The van der Waals surface area contributed by atoms with E-state index in [-0.39, 0.29) is 24.2 Å². The van der Waals surface area contributed by atoms with Gasteiger partial charge in [-0.3, -0.25) is 9.59 Å². The molecule has 0 saturated heterocycles. The van der Waals surface area contributed by atoms with E-state index in [4.69, 9.17) is 4.74 Å². The highest BCUT2D eigenvalue weighted by molar-refractivity contribution is 7.13. The molecule has 0 spiro atoms. The molecule has 2 aromatic rings. The number of hydrogen-bond acceptors (Lipinski definition) is 5. The normalized spacial score (nSPS) is 12.0. The van der Waals surface area contributed by atoms with E-state index in [0.717, 1.165) is 10.6 Å². The van der Waals surface area contributed by atoms with Gasteiger partial charge in [0.25, 0.3) is 5.91 Å². The Balaban J connectivity index is 2.21. The molecule has 1 aromatic carbocycles. The van der Waals surface area contributed by atoms with Gasteiger partial charge in [-0.05, 0) is 19.4 Å². The predicted molar refractivity (Wildman–Crippen MR) is 98.8 cm³/mol. The van der Waals surface area contributed by atoms with Crippen molar-refractivity contribution in [2.24, 2.45) is 0 Å². The molecule has 0 bridgehead atoms. The Morgan fingerprint density at radius 2 is 1.92 bits per heavy atom. The number of carbonyl (C=O) groups excluding carboxylic acids is 2. The lowest BCUT2D eigenvalue weighted by molar-refractivity contribution is -0.143. The molecule has 2 rings (SSSR count). The number of thiazole rings is 1. The quantitative estimate of drug-likeness (QED) is 0.758. The van der Waals surface area contributed by atoms with Crippen molar-refractivity contribution in [2.75, 3.05) is 6.61 Å². The van der Waals surface area contributed by atoms with Crippen LogP contribution in [-0.2, 0) is 9.53 Å². The second-order valence-corrected chi connectivity index (χ2v) is 7.10. The van der Waals surface area contributed by atoms with Crippen LogP contribution in [0.25, 0.3) is 0 Å². The first-order valence-electron chi connectivity index (χ1n) is 8.41. The number of amides is 1. The van der Waals surface area contributed by atoms with E-state index in [0.29, 0.717) is 17.2 Å². The van der Waals surface area contributed by atoms with Gasteiger partial charge in [0.1, 0.15) is 4.88 Å². The fourth-order valence-electron chi connectivity index (χ4n) is 2.42. The number of nitrogens with one attached hydrogen (secondary N) is 1. The van der Waals surface area contributed by atoms with Crippen LogP contribution in [0.3, 0.4) is 0 Å². The molecule has 0 saturated carbocycles. The predicted octanol–water partition coefficient (Wildman–Crippen LogP) is 4.00. The van der Waals surface area contributed by atoms with E-state index >= 15 is 0 Å². The first-order valence-corrected chi connectivity index (χ1v) is 9.22. The number of rotatable bonds is 7. The number of benzene rings is 1. The Bertz CT molecular complexity index is 726. The molecule has 1 amide bonds. The SMILES string of the molecule is CCOC(=O)CC(NC(=O)c1sc(C(C)C)nc1C)c1ccccc1. The van der Waals surface area contributed by atoms with Gasteiger partial charge in [-0.2, -0.15) is 0 Å². The lowest BCUT2D eigenvalue weighted by Gasteiger charge is -2.18. The molecule has 1 unspecified atom stereocenters. The van der Waals surface area contributed by atoms with Crippen molar-refractivity contribution in [1.29, 1.82) is 0 Å². The Morgan fingerprint density at radius 3 is 2.48 bits per heavy atom. The number of aryl methyl sites for hydroxylation is 1. The summed E-state index contributed by atoms with van der Waals surface area (Å²) < 4.78 is 5.04. The molecule has 1 aromatic heterocycles. The van der Waals surface area contributed by atoms with Crippen LogP contribution in [0.1, 0.15) is 65.1 Å². The summed E-state index contributed by atoms with van der Waals surface area (Å²) in [7, 11) is 0. The van der Waals surface area contributed by atoms with Crippen molar-refractivity contribution in [3.63, 3.8) is 0 Å². The van der Waals surface area contributed by atoms with Crippen LogP contribution in [-0.4, -0.2) is 23.5 Å². The Labute approximate surface area is 152 Å². The molecule has 0 aliphatic carbocycles. The summed E-state index contributed by atoms with van der Waals surface area (Å²) in [4.78, 5) is 29.7. The topological polar surface area (TPSA) is 68.3 Å². The molecule has 1 N–H and O–H groups in total. The fraction of sp³-hybridized carbons (Fsp3) is 0.421. The summed E-state index contributed by atoms with van der Waals surface area (Å²) in [5.41, 5.74) is 1.59. The van der Waals surface area contributed by atoms with Gasteiger partial charge in [-0.25, -0.2) is 4.98 Å². The number of ether oxygens (including phenoxy) is 1. The maximum absolute atomic E-state index is 12.7. The number of aromatic nitrogens is 1. The summed E-state index contributed by atoms with van der Waals surface area (Å²) >= 11 is 1.40. The minimum absolute atomic E-state index is 0.0957. The van der Waals surface area contributed by atoms with Crippen molar-refractivity contribution in [3.05, 3.63) is 51.5 Å². The molecule has 0 aliphatic rings. The summed E-state index contributed by atoms with van der Waals surface area (Å²) in [6.45, 7) is 8.02. The van der Waals surface area contributed by atoms with Crippen LogP contribution in [0.2, 0.25) is 0 Å². The first kappa shape index (κ1) is 19.1. The average Bonchev–Trinajstić information content (AvgIpc) is 2.97. The average molecular weight is 360 g/mol. The van der Waals surface area contributed by atoms with Crippen molar-refractivity contribution in [3.8, 4) is 0 Å². The zero-order valence-electron chi connectivity index (χ0n) is 15.0. The highest BCUT2D eigenvalue weighted by Crippen LogP contribution is 2.26. The third-order valence-corrected chi connectivity index (χ3v) is 5.15. The lowest BCUT2D eigenvalue weighted by atomic mass is 10.0. The minimum Gasteiger partial charge on any atom is -0.466 e. The maximum atomic E-state index is 12.7. The lowest BCUT2D eigenvalue weighted by Crippen LogP contribution is -2.30. The van der Waals surface area contributed by atoms with Gasteiger partial charge < -0.3 is 10.1 Å².